The zero-order chi connectivity index (χ0) is 18.0. The fraction of sp³-hybridized carbons (Fsp3) is 0.941. The monoisotopic (exact) mass is 345 g/mol. The van der Waals surface area contributed by atoms with E-state index in [9.17, 15) is 4.79 Å². The molecule has 142 valence electrons. The van der Waals surface area contributed by atoms with Crippen molar-refractivity contribution in [3.8, 4) is 0 Å². The van der Waals surface area contributed by atoms with E-state index in [4.69, 9.17) is 14.9 Å². The molecule has 7 nitrogen and oxygen atoms in total. The van der Waals surface area contributed by atoms with Gasteiger partial charge in [-0.3, -0.25) is 0 Å². The van der Waals surface area contributed by atoms with Crippen LogP contribution in [-0.2, 0) is 4.74 Å². The minimum Gasteiger partial charge on any atom is -0.444 e. The Balaban J connectivity index is 2.69. The van der Waals surface area contributed by atoms with Gasteiger partial charge in [0, 0.05) is 65.6 Å². The van der Waals surface area contributed by atoms with Gasteiger partial charge in [0.2, 0.25) is 0 Å². The van der Waals surface area contributed by atoms with Gasteiger partial charge in [-0.2, -0.15) is 0 Å². The summed E-state index contributed by atoms with van der Waals surface area (Å²) in [6.07, 6.45) is 1.21. The Hall–Kier alpha value is -0.890. The Bertz CT molecular complexity index is 340. The summed E-state index contributed by atoms with van der Waals surface area (Å²) in [5.74, 6) is 0. The van der Waals surface area contributed by atoms with Crippen molar-refractivity contribution < 1.29 is 19.7 Å². The second kappa shape index (κ2) is 10.9. The zero-order valence-electron chi connectivity index (χ0n) is 15.5. The average Bonchev–Trinajstić information content (AvgIpc) is 2.60. The Morgan fingerprint density at radius 2 is 1.29 bits per heavy atom. The Kier molecular flexibility index (Phi) is 9.58. The van der Waals surface area contributed by atoms with Gasteiger partial charge >= 0.3 is 6.09 Å². The molecular formula is C17H35N3O4. The third-order valence-electron chi connectivity index (χ3n) is 4.02. The van der Waals surface area contributed by atoms with Crippen LogP contribution >= 0.6 is 0 Å². The smallest absolute Gasteiger partial charge is 0.410 e. The van der Waals surface area contributed by atoms with Crippen molar-refractivity contribution in [3.63, 3.8) is 0 Å². The van der Waals surface area contributed by atoms with Crippen molar-refractivity contribution in [2.75, 3.05) is 65.6 Å². The van der Waals surface area contributed by atoms with Crippen molar-refractivity contribution >= 4 is 6.09 Å². The zero-order valence-corrected chi connectivity index (χ0v) is 15.5. The fourth-order valence-electron chi connectivity index (χ4n) is 2.69. The van der Waals surface area contributed by atoms with Crippen molar-refractivity contribution in [2.24, 2.45) is 0 Å². The Labute approximate surface area is 146 Å². The Morgan fingerprint density at radius 3 is 1.67 bits per heavy atom. The molecule has 0 radical (unpaired) electrons. The number of amides is 1. The molecule has 24 heavy (non-hydrogen) atoms. The first-order valence-electron chi connectivity index (χ1n) is 9.00. The molecular weight excluding hydrogens is 310 g/mol. The van der Waals surface area contributed by atoms with E-state index >= 15 is 0 Å². The van der Waals surface area contributed by atoms with Crippen molar-refractivity contribution in [1.29, 1.82) is 0 Å². The van der Waals surface area contributed by atoms with Crippen LogP contribution in [0.2, 0.25) is 0 Å². The minimum absolute atomic E-state index is 0.181. The van der Waals surface area contributed by atoms with E-state index in [-0.39, 0.29) is 19.3 Å². The third kappa shape index (κ3) is 8.82. The summed E-state index contributed by atoms with van der Waals surface area (Å²) in [5.41, 5.74) is -0.497. The molecule has 0 aliphatic carbocycles. The van der Waals surface area contributed by atoms with Gasteiger partial charge in [-0.1, -0.05) is 0 Å². The summed E-state index contributed by atoms with van der Waals surface area (Å²) in [6.45, 7) is 12.3. The average molecular weight is 345 g/mol. The topological polar surface area (TPSA) is 76.5 Å². The van der Waals surface area contributed by atoms with Crippen LogP contribution in [0.25, 0.3) is 0 Å². The maximum atomic E-state index is 12.4. The van der Waals surface area contributed by atoms with Crippen LogP contribution < -0.4 is 0 Å². The molecule has 1 amide bonds. The molecule has 1 aliphatic rings. The quantitative estimate of drug-likeness (QED) is 0.734. The molecule has 1 rings (SSSR count). The summed E-state index contributed by atoms with van der Waals surface area (Å²) >= 11 is 0. The lowest BCUT2D eigenvalue weighted by molar-refractivity contribution is 0.0230. The molecule has 0 aromatic heterocycles. The standard InChI is InChI=1S/C17H35N3O4/c1-17(2,3)24-16(23)20-12-10-18(6-4-14-21)8-9-19(11-13-20)7-5-15-22/h21-22H,4-15H2,1-3H3. The van der Waals surface area contributed by atoms with Crippen LogP contribution in [0.3, 0.4) is 0 Å². The van der Waals surface area contributed by atoms with Gasteiger partial charge < -0.3 is 29.6 Å². The molecule has 0 spiro atoms. The number of aliphatic hydroxyl groups excluding tert-OH is 2. The van der Waals surface area contributed by atoms with E-state index in [2.05, 4.69) is 9.80 Å². The number of aliphatic hydroxyl groups is 2. The predicted molar refractivity (Wildman–Crippen MR) is 94.1 cm³/mol. The van der Waals surface area contributed by atoms with Gasteiger partial charge in [0.15, 0.2) is 0 Å². The highest BCUT2D eigenvalue weighted by Gasteiger charge is 2.24. The van der Waals surface area contributed by atoms with Crippen molar-refractivity contribution in [3.05, 3.63) is 0 Å². The van der Waals surface area contributed by atoms with Crippen LogP contribution in [0.5, 0.6) is 0 Å². The SMILES string of the molecule is CC(C)(C)OC(=O)N1CCN(CCCO)CCN(CCCO)CC1. The van der Waals surface area contributed by atoms with Crippen LogP contribution in [0.1, 0.15) is 33.6 Å². The largest absolute Gasteiger partial charge is 0.444 e. The summed E-state index contributed by atoms with van der Waals surface area (Å²) in [4.78, 5) is 18.8. The van der Waals surface area contributed by atoms with Gasteiger partial charge in [-0.15, -0.1) is 0 Å². The van der Waals surface area contributed by atoms with E-state index in [0.717, 1.165) is 52.1 Å². The molecule has 0 unspecified atom stereocenters. The number of ether oxygens (including phenoxy) is 1. The summed E-state index contributed by atoms with van der Waals surface area (Å²) in [5, 5.41) is 18.1. The highest BCUT2D eigenvalue weighted by Crippen LogP contribution is 2.11. The number of rotatable bonds is 6. The molecule has 1 heterocycles. The lowest BCUT2D eigenvalue weighted by atomic mass is 10.2. The Morgan fingerprint density at radius 1 is 0.875 bits per heavy atom. The van der Waals surface area contributed by atoms with Gasteiger partial charge in [-0.25, -0.2) is 4.79 Å². The van der Waals surface area contributed by atoms with Gasteiger partial charge in [0.25, 0.3) is 0 Å². The first-order valence-corrected chi connectivity index (χ1v) is 9.00. The van der Waals surface area contributed by atoms with Crippen molar-refractivity contribution in [2.45, 2.75) is 39.2 Å². The molecule has 7 heteroatoms. The first kappa shape index (κ1) is 21.2. The van der Waals surface area contributed by atoms with Crippen LogP contribution in [0, 0.1) is 0 Å². The maximum Gasteiger partial charge on any atom is 0.410 e. The predicted octanol–water partition coefficient (Wildman–Crippen LogP) is 0.606. The number of carbonyl (C=O) groups excluding carboxylic acids is 1. The second-order valence-corrected chi connectivity index (χ2v) is 7.30. The van der Waals surface area contributed by atoms with E-state index < -0.39 is 5.60 Å². The summed E-state index contributed by atoms with van der Waals surface area (Å²) in [7, 11) is 0. The van der Waals surface area contributed by atoms with Crippen LogP contribution in [0.4, 0.5) is 4.79 Å². The van der Waals surface area contributed by atoms with E-state index in [0.29, 0.717) is 13.1 Å². The fourth-order valence-corrected chi connectivity index (χ4v) is 2.69. The molecule has 0 aromatic rings. The third-order valence-corrected chi connectivity index (χ3v) is 4.02. The first-order chi connectivity index (χ1) is 11.4. The summed E-state index contributed by atoms with van der Waals surface area (Å²) in [6, 6.07) is 0. The lowest BCUT2D eigenvalue weighted by Crippen LogP contribution is -2.43. The molecule has 1 fully saturated rings. The van der Waals surface area contributed by atoms with Gasteiger partial charge in [0.1, 0.15) is 5.60 Å². The van der Waals surface area contributed by atoms with Crippen LogP contribution in [0.15, 0.2) is 0 Å². The maximum absolute atomic E-state index is 12.4. The lowest BCUT2D eigenvalue weighted by Gasteiger charge is -2.29. The van der Waals surface area contributed by atoms with Crippen LogP contribution in [-0.4, -0.2) is 102 Å². The van der Waals surface area contributed by atoms with Gasteiger partial charge in [-0.05, 0) is 33.6 Å². The van der Waals surface area contributed by atoms with Crippen molar-refractivity contribution in [1.82, 2.24) is 14.7 Å². The molecule has 0 atom stereocenters. The molecule has 2 N–H and O–H groups in total. The number of hydrogen-bond donors (Lipinski definition) is 2. The number of nitrogens with zero attached hydrogens (tertiary/aromatic N) is 3. The number of carbonyl (C=O) groups is 1. The normalized spacial score (nSPS) is 18.8. The van der Waals surface area contributed by atoms with Gasteiger partial charge in [0.05, 0.1) is 0 Å². The second-order valence-electron chi connectivity index (χ2n) is 7.30. The summed E-state index contributed by atoms with van der Waals surface area (Å²) < 4.78 is 5.52. The molecule has 0 aromatic carbocycles. The highest BCUT2D eigenvalue weighted by atomic mass is 16.6. The molecule has 0 bridgehead atoms. The molecule has 1 saturated heterocycles. The van der Waals surface area contributed by atoms with E-state index in [1.807, 2.05) is 20.8 Å². The number of hydrogen-bond acceptors (Lipinski definition) is 6. The highest BCUT2D eigenvalue weighted by molar-refractivity contribution is 5.68. The minimum atomic E-state index is -0.497. The van der Waals surface area contributed by atoms with E-state index in [1.54, 1.807) is 4.90 Å². The molecule has 1 aliphatic heterocycles. The van der Waals surface area contributed by atoms with E-state index in [1.165, 1.54) is 0 Å². The molecule has 0 saturated carbocycles.